The monoisotopic (exact) mass is 531 g/mol. The van der Waals surface area contributed by atoms with Gasteiger partial charge in [0.2, 0.25) is 11.8 Å². The molecule has 0 radical (unpaired) electrons. The summed E-state index contributed by atoms with van der Waals surface area (Å²) in [4.78, 5) is 41.7. The van der Waals surface area contributed by atoms with Crippen LogP contribution in [0.15, 0.2) is 79.3 Å². The first kappa shape index (κ1) is 26.2. The molecule has 0 aliphatic rings. The minimum Gasteiger partial charge on any atom is -0.465 e. The Kier molecular flexibility index (Phi) is 8.52. The maximum atomic E-state index is 13.1. The molecule has 0 aliphatic carbocycles. The Morgan fingerprint density at radius 2 is 1.92 bits per heavy atom. The van der Waals surface area contributed by atoms with E-state index in [0.717, 1.165) is 5.56 Å². The second kappa shape index (κ2) is 12.4. The van der Waals surface area contributed by atoms with E-state index in [2.05, 4.69) is 35.9 Å². The molecule has 0 saturated carbocycles. The highest BCUT2D eigenvalue weighted by molar-refractivity contribution is 6.30. The average molecular weight is 532 g/mol. The highest BCUT2D eigenvalue weighted by Crippen LogP contribution is 2.20. The lowest BCUT2D eigenvalue weighted by Gasteiger charge is -2.18. The van der Waals surface area contributed by atoms with Crippen molar-refractivity contribution in [3.63, 3.8) is 0 Å². The number of hydrogen-bond donors (Lipinski definition) is 2. The van der Waals surface area contributed by atoms with Gasteiger partial charge in [0.15, 0.2) is 0 Å². The molecule has 0 fully saturated rings. The van der Waals surface area contributed by atoms with E-state index < -0.39 is 23.8 Å². The van der Waals surface area contributed by atoms with Crippen molar-refractivity contribution in [3.8, 4) is 5.69 Å². The van der Waals surface area contributed by atoms with Crippen LogP contribution in [0.2, 0.25) is 5.02 Å². The van der Waals surface area contributed by atoms with E-state index in [1.54, 1.807) is 24.3 Å². The summed E-state index contributed by atoms with van der Waals surface area (Å²) in [7, 11) is 1.27. The number of halogens is 1. The van der Waals surface area contributed by atoms with Crippen LogP contribution in [0, 0.1) is 0 Å². The van der Waals surface area contributed by atoms with Gasteiger partial charge in [-0.2, -0.15) is 4.68 Å². The number of rotatable bonds is 9. The van der Waals surface area contributed by atoms with Crippen LogP contribution in [0.25, 0.3) is 11.8 Å². The molecule has 2 N–H and O–H groups in total. The normalized spacial score (nSPS) is 11.6. The van der Waals surface area contributed by atoms with Crippen molar-refractivity contribution < 1.29 is 19.1 Å². The van der Waals surface area contributed by atoms with Crippen molar-refractivity contribution >= 4 is 41.3 Å². The Morgan fingerprint density at radius 3 is 2.61 bits per heavy atom. The number of ether oxygens (including phenoxy) is 1. The number of nitrogens with zero attached hydrogens (tertiary/aromatic N) is 5. The largest absolute Gasteiger partial charge is 0.465 e. The SMILES string of the molecule is COC(=O)c1ccc(NC(=O)[C@H](Cc2ccccc2)NC(=O)/C=C/c2cc(Cl)ccc2-n2cnnn2)nc1. The lowest BCUT2D eigenvalue weighted by Crippen LogP contribution is -2.44. The first-order chi connectivity index (χ1) is 18.4. The summed E-state index contributed by atoms with van der Waals surface area (Å²) in [5, 5.41) is 17.0. The van der Waals surface area contributed by atoms with Gasteiger partial charge in [0.05, 0.1) is 18.4 Å². The van der Waals surface area contributed by atoms with Gasteiger partial charge in [-0.25, -0.2) is 9.78 Å². The van der Waals surface area contributed by atoms with Gasteiger partial charge in [-0.3, -0.25) is 9.59 Å². The fourth-order valence-corrected chi connectivity index (χ4v) is 3.68. The van der Waals surface area contributed by atoms with Crippen LogP contribution in [0.4, 0.5) is 5.82 Å². The maximum absolute atomic E-state index is 13.1. The van der Waals surface area contributed by atoms with Crippen molar-refractivity contribution in [3.05, 3.63) is 101 Å². The van der Waals surface area contributed by atoms with Gasteiger partial charge in [-0.1, -0.05) is 41.9 Å². The summed E-state index contributed by atoms with van der Waals surface area (Å²) < 4.78 is 6.10. The van der Waals surface area contributed by atoms with E-state index in [4.69, 9.17) is 11.6 Å². The molecule has 12 heteroatoms. The standard InChI is InChI=1S/C26H22ClN7O4/c1-38-26(37)19-7-11-23(28-15-19)31-25(36)21(13-17-5-3-2-4-6-17)30-24(35)12-8-18-14-20(27)9-10-22(18)34-16-29-32-33-34/h2-12,14-16,21H,13H2,1H3,(H,30,35)(H,28,31,36)/b12-8+/t21-/m0/s1. The van der Waals surface area contributed by atoms with Crippen molar-refractivity contribution in [2.24, 2.45) is 0 Å². The zero-order valence-electron chi connectivity index (χ0n) is 20.1. The van der Waals surface area contributed by atoms with Crippen LogP contribution in [0.5, 0.6) is 0 Å². The fraction of sp³-hybridized carbons (Fsp3) is 0.115. The number of esters is 1. The molecule has 11 nitrogen and oxygen atoms in total. The number of aromatic nitrogens is 5. The topological polar surface area (TPSA) is 141 Å². The predicted molar refractivity (Wildman–Crippen MR) is 139 cm³/mol. The van der Waals surface area contributed by atoms with E-state index in [0.29, 0.717) is 16.3 Å². The quantitative estimate of drug-likeness (QED) is 0.248. The predicted octanol–water partition coefficient (Wildman–Crippen LogP) is 2.88. The number of anilines is 1. The molecule has 0 aliphatic heterocycles. The Balaban J connectivity index is 1.51. The van der Waals surface area contributed by atoms with Gasteiger partial charge in [0, 0.05) is 29.3 Å². The van der Waals surface area contributed by atoms with Crippen LogP contribution in [-0.2, 0) is 20.7 Å². The number of amides is 2. The molecule has 0 spiro atoms. The molecule has 0 bridgehead atoms. The van der Waals surface area contributed by atoms with Crippen LogP contribution in [0.1, 0.15) is 21.5 Å². The molecular weight excluding hydrogens is 510 g/mol. The van der Waals surface area contributed by atoms with E-state index in [1.165, 1.54) is 42.5 Å². The zero-order valence-corrected chi connectivity index (χ0v) is 20.9. The van der Waals surface area contributed by atoms with Gasteiger partial charge in [-0.15, -0.1) is 5.10 Å². The number of carbonyl (C=O) groups is 3. The molecule has 2 heterocycles. The number of benzene rings is 2. The summed E-state index contributed by atoms with van der Waals surface area (Å²) in [6.07, 6.45) is 5.81. The van der Waals surface area contributed by atoms with Crippen LogP contribution < -0.4 is 10.6 Å². The molecular formula is C26H22ClN7O4. The van der Waals surface area contributed by atoms with Crippen LogP contribution >= 0.6 is 11.6 Å². The van der Waals surface area contributed by atoms with Crippen molar-refractivity contribution in [1.82, 2.24) is 30.5 Å². The zero-order chi connectivity index (χ0) is 26.9. The number of nitrogens with one attached hydrogen (secondary N) is 2. The summed E-state index contributed by atoms with van der Waals surface area (Å²) in [5.41, 5.74) is 2.30. The number of hydrogen-bond acceptors (Lipinski definition) is 8. The molecule has 2 aromatic carbocycles. The highest BCUT2D eigenvalue weighted by atomic mass is 35.5. The number of tetrazole rings is 1. The molecule has 38 heavy (non-hydrogen) atoms. The second-order valence-electron chi connectivity index (χ2n) is 7.95. The molecule has 4 rings (SSSR count). The van der Waals surface area contributed by atoms with E-state index >= 15 is 0 Å². The Labute approximate surface area is 222 Å². The maximum Gasteiger partial charge on any atom is 0.339 e. The average Bonchev–Trinajstić information content (AvgIpc) is 3.47. The Bertz CT molecular complexity index is 1440. The van der Waals surface area contributed by atoms with Gasteiger partial charge >= 0.3 is 5.97 Å². The molecule has 4 aromatic rings. The van der Waals surface area contributed by atoms with Gasteiger partial charge in [-0.05, 0) is 52.4 Å². The molecule has 0 saturated heterocycles. The van der Waals surface area contributed by atoms with E-state index in [1.807, 2.05) is 30.3 Å². The third kappa shape index (κ3) is 6.86. The third-order valence-electron chi connectivity index (χ3n) is 5.35. The molecule has 0 unspecified atom stereocenters. The highest BCUT2D eigenvalue weighted by Gasteiger charge is 2.21. The lowest BCUT2D eigenvalue weighted by molar-refractivity contribution is -0.123. The van der Waals surface area contributed by atoms with Crippen molar-refractivity contribution in [2.45, 2.75) is 12.5 Å². The first-order valence-corrected chi connectivity index (χ1v) is 11.7. The van der Waals surface area contributed by atoms with E-state index in [-0.39, 0.29) is 17.8 Å². The van der Waals surface area contributed by atoms with Crippen LogP contribution in [0.3, 0.4) is 0 Å². The van der Waals surface area contributed by atoms with Crippen molar-refractivity contribution in [2.75, 3.05) is 12.4 Å². The van der Waals surface area contributed by atoms with Gasteiger partial charge in [0.1, 0.15) is 18.2 Å². The van der Waals surface area contributed by atoms with Crippen LogP contribution in [-0.4, -0.2) is 56.1 Å². The number of carbonyl (C=O) groups excluding carboxylic acids is 3. The summed E-state index contributed by atoms with van der Waals surface area (Å²) in [6.45, 7) is 0. The molecule has 192 valence electrons. The van der Waals surface area contributed by atoms with E-state index in [9.17, 15) is 14.4 Å². The first-order valence-electron chi connectivity index (χ1n) is 11.3. The van der Waals surface area contributed by atoms with Crippen molar-refractivity contribution in [1.29, 1.82) is 0 Å². The second-order valence-corrected chi connectivity index (χ2v) is 8.39. The Hall–Kier alpha value is -4.90. The summed E-state index contributed by atoms with van der Waals surface area (Å²) in [6, 6.07) is 16.4. The molecule has 2 aromatic heterocycles. The van der Waals surface area contributed by atoms with Gasteiger partial charge in [0.25, 0.3) is 0 Å². The van der Waals surface area contributed by atoms with Gasteiger partial charge < -0.3 is 15.4 Å². The minimum atomic E-state index is -0.921. The minimum absolute atomic E-state index is 0.218. The summed E-state index contributed by atoms with van der Waals surface area (Å²) in [5.74, 6) is -1.31. The lowest BCUT2D eigenvalue weighted by atomic mass is 10.0. The molecule has 2 amide bonds. The Morgan fingerprint density at radius 1 is 1.11 bits per heavy atom. The third-order valence-corrected chi connectivity index (χ3v) is 5.59. The number of methoxy groups -OCH3 is 1. The molecule has 1 atom stereocenters. The smallest absolute Gasteiger partial charge is 0.339 e. The summed E-state index contributed by atoms with van der Waals surface area (Å²) >= 11 is 6.14. The fourth-order valence-electron chi connectivity index (χ4n) is 3.50. The number of pyridine rings is 1.